The number of anilines is 1. The van der Waals surface area contributed by atoms with Gasteiger partial charge in [-0.05, 0) is 45.3 Å². The third-order valence-corrected chi connectivity index (χ3v) is 4.03. The number of hydrogen-bond donors (Lipinski definition) is 3. The molecule has 0 spiro atoms. The number of carbonyl (C=O) groups excluding carboxylic acids is 1. The summed E-state index contributed by atoms with van der Waals surface area (Å²) in [5.41, 5.74) is 1.87. The first kappa shape index (κ1) is 27.6. The molecular weight excluding hydrogens is 483 g/mol. The number of hydrogen-bond acceptors (Lipinski definition) is 5. The monoisotopic (exact) mass is 520 g/mol. The van der Waals surface area contributed by atoms with Crippen LogP contribution in [0.4, 0.5) is 5.69 Å². The average molecular weight is 520 g/mol. The zero-order valence-electron chi connectivity index (χ0n) is 18.3. The molecular formula is C20H37IN6O2. The molecule has 0 bridgehead atoms. The number of halogens is 1. The van der Waals surface area contributed by atoms with Gasteiger partial charge < -0.3 is 30.5 Å². The lowest BCUT2D eigenvalue weighted by Gasteiger charge is -2.18. The van der Waals surface area contributed by atoms with Gasteiger partial charge in [0.2, 0.25) is 5.91 Å². The molecule has 166 valence electrons. The lowest BCUT2D eigenvalue weighted by Crippen LogP contribution is -2.40. The number of rotatable bonds is 12. The van der Waals surface area contributed by atoms with Crippen molar-refractivity contribution in [3.8, 4) is 0 Å². The van der Waals surface area contributed by atoms with Crippen molar-refractivity contribution >= 4 is 41.5 Å². The number of guanidine groups is 1. The van der Waals surface area contributed by atoms with Crippen LogP contribution in [0.5, 0.6) is 0 Å². The highest BCUT2D eigenvalue weighted by molar-refractivity contribution is 14.0. The molecule has 0 atom stereocenters. The van der Waals surface area contributed by atoms with Gasteiger partial charge in [-0.25, -0.2) is 0 Å². The molecule has 0 fully saturated rings. The minimum atomic E-state index is -0.0257. The van der Waals surface area contributed by atoms with Crippen LogP contribution in [0.15, 0.2) is 29.3 Å². The quantitative estimate of drug-likeness (QED) is 0.168. The Hall–Kier alpha value is -1.43. The second kappa shape index (κ2) is 16.4. The zero-order chi connectivity index (χ0) is 20.8. The smallest absolute Gasteiger partial charge is 0.238 e. The number of nitrogens with zero attached hydrogens (tertiary/aromatic N) is 3. The average Bonchev–Trinajstić information content (AvgIpc) is 2.64. The Balaban J connectivity index is 0.00000784. The molecule has 9 heteroatoms. The second-order valence-corrected chi connectivity index (χ2v) is 6.99. The van der Waals surface area contributed by atoms with Crippen LogP contribution in [-0.2, 0) is 16.1 Å². The largest absolute Gasteiger partial charge is 0.385 e. The Morgan fingerprint density at radius 1 is 1.17 bits per heavy atom. The van der Waals surface area contributed by atoms with E-state index in [1.807, 2.05) is 43.3 Å². The summed E-state index contributed by atoms with van der Waals surface area (Å²) in [6, 6.07) is 7.82. The fourth-order valence-electron chi connectivity index (χ4n) is 2.61. The van der Waals surface area contributed by atoms with Crippen LogP contribution < -0.4 is 16.0 Å². The van der Waals surface area contributed by atoms with Crippen molar-refractivity contribution in [2.45, 2.75) is 13.0 Å². The summed E-state index contributed by atoms with van der Waals surface area (Å²) in [6.45, 7) is 4.52. The van der Waals surface area contributed by atoms with E-state index in [4.69, 9.17) is 4.74 Å². The Morgan fingerprint density at radius 2 is 1.93 bits per heavy atom. The summed E-state index contributed by atoms with van der Waals surface area (Å²) < 4.78 is 5.08. The predicted octanol–water partition coefficient (Wildman–Crippen LogP) is 1.44. The topological polar surface area (TPSA) is 81.2 Å². The van der Waals surface area contributed by atoms with Crippen molar-refractivity contribution in [1.29, 1.82) is 0 Å². The SMILES string of the molecule is CN=C(NCCN(C)CCCOC)NCc1cccc(NC(=O)CN(C)C)c1.I. The number of aliphatic imine (C=N–C) groups is 1. The Kier molecular flexibility index (Phi) is 15.6. The van der Waals surface area contributed by atoms with Crippen LogP contribution in [-0.4, -0.2) is 89.8 Å². The second-order valence-electron chi connectivity index (χ2n) is 6.99. The van der Waals surface area contributed by atoms with Gasteiger partial charge in [-0.2, -0.15) is 0 Å². The Morgan fingerprint density at radius 3 is 2.59 bits per heavy atom. The minimum absolute atomic E-state index is 0. The molecule has 1 rings (SSSR count). The number of carbonyl (C=O) groups is 1. The van der Waals surface area contributed by atoms with Crippen molar-refractivity contribution in [2.75, 3.05) is 73.4 Å². The maximum Gasteiger partial charge on any atom is 0.238 e. The number of methoxy groups -OCH3 is 1. The molecule has 0 aromatic heterocycles. The first-order chi connectivity index (χ1) is 13.4. The fraction of sp³-hybridized carbons (Fsp3) is 0.600. The Bertz CT molecular complexity index is 612. The highest BCUT2D eigenvalue weighted by Gasteiger charge is 2.05. The minimum Gasteiger partial charge on any atom is -0.385 e. The molecule has 0 aliphatic heterocycles. The van der Waals surface area contributed by atoms with E-state index in [9.17, 15) is 4.79 Å². The van der Waals surface area contributed by atoms with Gasteiger partial charge in [0.25, 0.3) is 0 Å². The molecule has 0 aliphatic rings. The van der Waals surface area contributed by atoms with E-state index in [0.29, 0.717) is 13.1 Å². The number of benzene rings is 1. The molecule has 1 amide bonds. The van der Waals surface area contributed by atoms with Crippen molar-refractivity contribution in [2.24, 2.45) is 4.99 Å². The van der Waals surface area contributed by atoms with Crippen molar-refractivity contribution in [3.63, 3.8) is 0 Å². The maximum atomic E-state index is 11.9. The summed E-state index contributed by atoms with van der Waals surface area (Å²) in [4.78, 5) is 20.3. The van der Waals surface area contributed by atoms with Gasteiger partial charge >= 0.3 is 0 Å². The van der Waals surface area contributed by atoms with Gasteiger partial charge in [0.1, 0.15) is 0 Å². The van der Waals surface area contributed by atoms with Crippen LogP contribution in [0.25, 0.3) is 0 Å². The number of ether oxygens (including phenoxy) is 1. The highest BCUT2D eigenvalue weighted by atomic mass is 127. The van der Waals surface area contributed by atoms with E-state index < -0.39 is 0 Å². The Labute approximate surface area is 192 Å². The summed E-state index contributed by atoms with van der Waals surface area (Å²) in [6.07, 6.45) is 1.03. The fourth-order valence-corrected chi connectivity index (χ4v) is 2.61. The summed E-state index contributed by atoms with van der Waals surface area (Å²) in [5, 5.41) is 9.54. The third-order valence-electron chi connectivity index (χ3n) is 4.03. The van der Waals surface area contributed by atoms with Crippen LogP contribution >= 0.6 is 24.0 Å². The van der Waals surface area contributed by atoms with E-state index in [0.717, 1.165) is 49.9 Å². The molecule has 0 aliphatic carbocycles. The first-order valence-corrected chi connectivity index (χ1v) is 9.60. The van der Waals surface area contributed by atoms with Crippen LogP contribution in [0, 0.1) is 0 Å². The van der Waals surface area contributed by atoms with Crippen molar-refractivity contribution in [1.82, 2.24) is 20.4 Å². The molecule has 0 heterocycles. The molecule has 8 nitrogen and oxygen atoms in total. The standard InChI is InChI=1S/C20H36N6O2.HI/c1-21-20(22-10-12-26(4)11-7-13-28-5)23-15-17-8-6-9-18(14-17)24-19(27)16-25(2)3;/h6,8-9,14H,7,10-13,15-16H2,1-5H3,(H,24,27)(H2,21,22,23);1H. The van der Waals surface area contributed by atoms with Gasteiger partial charge in [-0.15, -0.1) is 24.0 Å². The van der Waals surface area contributed by atoms with E-state index in [1.165, 1.54) is 0 Å². The molecule has 0 saturated carbocycles. The van der Waals surface area contributed by atoms with Crippen molar-refractivity contribution < 1.29 is 9.53 Å². The van der Waals surface area contributed by atoms with E-state index in [-0.39, 0.29) is 29.9 Å². The molecule has 1 aromatic carbocycles. The van der Waals surface area contributed by atoms with E-state index in [1.54, 1.807) is 14.2 Å². The van der Waals surface area contributed by atoms with Crippen LogP contribution in [0.2, 0.25) is 0 Å². The van der Waals surface area contributed by atoms with Gasteiger partial charge in [-0.3, -0.25) is 9.79 Å². The third kappa shape index (κ3) is 13.4. The molecule has 0 radical (unpaired) electrons. The first-order valence-electron chi connectivity index (χ1n) is 9.60. The lowest BCUT2D eigenvalue weighted by atomic mass is 10.2. The van der Waals surface area contributed by atoms with Crippen molar-refractivity contribution in [3.05, 3.63) is 29.8 Å². The van der Waals surface area contributed by atoms with Gasteiger partial charge in [0, 0.05) is 52.6 Å². The lowest BCUT2D eigenvalue weighted by molar-refractivity contribution is -0.116. The normalized spacial score (nSPS) is 11.3. The van der Waals surface area contributed by atoms with Gasteiger partial charge in [-0.1, -0.05) is 12.1 Å². The summed E-state index contributed by atoms with van der Waals surface area (Å²) in [5.74, 6) is 0.731. The number of likely N-dealkylation sites (N-methyl/N-ethyl adjacent to an activating group) is 2. The number of nitrogens with one attached hydrogen (secondary N) is 3. The highest BCUT2D eigenvalue weighted by Crippen LogP contribution is 2.10. The predicted molar refractivity (Wildman–Crippen MR) is 131 cm³/mol. The van der Waals surface area contributed by atoms with Crippen LogP contribution in [0.1, 0.15) is 12.0 Å². The molecule has 0 saturated heterocycles. The molecule has 0 unspecified atom stereocenters. The molecule has 29 heavy (non-hydrogen) atoms. The van der Waals surface area contributed by atoms with E-state index >= 15 is 0 Å². The maximum absolute atomic E-state index is 11.9. The van der Waals surface area contributed by atoms with Gasteiger partial charge in [0.15, 0.2) is 5.96 Å². The van der Waals surface area contributed by atoms with Crippen LogP contribution in [0.3, 0.4) is 0 Å². The summed E-state index contributed by atoms with van der Waals surface area (Å²) in [7, 11) is 9.33. The zero-order valence-corrected chi connectivity index (χ0v) is 20.7. The van der Waals surface area contributed by atoms with Gasteiger partial charge in [0.05, 0.1) is 6.54 Å². The summed E-state index contributed by atoms with van der Waals surface area (Å²) >= 11 is 0. The molecule has 1 aromatic rings. The number of amides is 1. The molecule has 3 N–H and O–H groups in total. The van der Waals surface area contributed by atoms with E-state index in [2.05, 4.69) is 32.9 Å².